The second kappa shape index (κ2) is 5.24. The molecule has 0 aliphatic carbocycles. The quantitative estimate of drug-likeness (QED) is 0.596. The maximum atomic E-state index is 5.51. The highest BCUT2D eigenvalue weighted by atomic mass is 14.5. The molecule has 2 N–H and O–H groups in total. The van der Waals surface area contributed by atoms with Crippen LogP contribution in [0.2, 0.25) is 0 Å². The Hall–Kier alpha value is -0.560. The summed E-state index contributed by atoms with van der Waals surface area (Å²) in [6, 6.07) is 0. The first-order valence-corrected chi connectivity index (χ1v) is 3.75. The molecule has 0 unspecified atom stereocenters. The molecule has 0 aromatic rings. The van der Waals surface area contributed by atoms with Crippen LogP contribution in [0.4, 0.5) is 0 Å². The fourth-order valence-corrected chi connectivity index (χ4v) is 0.699. The van der Waals surface area contributed by atoms with Crippen LogP contribution in [0.3, 0.4) is 0 Å². The standard InChI is InChI=1S/C9H17N/c1-4-5-6-9(7-10)8(2)3/h5-6H,4,7,10H2,1-3H3. The summed E-state index contributed by atoms with van der Waals surface area (Å²) in [7, 11) is 0. The molecule has 0 bridgehead atoms. The van der Waals surface area contributed by atoms with E-state index in [4.69, 9.17) is 5.73 Å². The van der Waals surface area contributed by atoms with Gasteiger partial charge in [0, 0.05) is 6.54 Å². The van der Waals surface area contributed by atoms with Crippen molar-refractivity contribution in [2.45, 2.75) is 27.2 Å². The van der Waals surface area contributed by atoms with Crippen LogP contribution >= 0.6 is 0 Å². The maximum absolute atomic E-state index is 5.51. The van der Waals surface area contributed by atoms with Crippen LogP contribution in [0, 0.1) is 0 Å². The normalized spacial score (nSPS) is 10.4. The molecule has 0 aromatic carbocycles. The summed E-state index contributed by atoms with van der Waals surface area (Å²) in [6.45, 7) is 6.94. The molecular weight excluding hydrogens is 122 g/mol. The van der Waals surface area contributed by atoms with Crippen LogP contribution in [-0.4, -0.2) is 6.54 Å². The Kier molecular flexibility index (Phi) is 4.95. The van der Waals surface area contributed by atoms with Crippen molar-refractivity contribution in [3.8, 4) is 0 Å². The molecule has 10 heavy (non-hydrogen) atoms. The van der Waals surface area contributed by atoms with Crippen LogP contribution in [0.5, 0.6) is 0 Å². The lowest BCUT2D eigenvalue weighted by molar-refractivity contribution is 1.12. The summed E-state index contributed by atoms with van der Waals surface area (Å²) >= 11 is 0. The van der Waals surface area contributed by atoms with Gasteiger partial charge < -0.3 is 5.73 Å². The second-order valence-electron chi connectivity index (χ2n) is 2.54. The molecule has 0 spiro atoms. The van der Waals surface area contributed by atoms with Gasteiger partial charge in [0.15, 0.2) is 0 Å². The van der Waals surface area contributed by atoms with Gasteiger partial charge in [0.1, 0.15) is 0 Å². The average Bonchev–Trinajstić information content (AvgIpc) is 1.89. The molecule has 0 saturated heterocycles. The summed E-state index contributed by atoms with van der Waals surface area (Å²) in [5.74, 6) is 0. The molecule has 0 fully saturated rings. The van der Waals surface area contributed by atoms with E-state index in [2.05, 4.69) is 32.9 Å². The van der Waals surface area contributed by atoms with Gasteiger partial charge in [-0.1, -0.05) is 24.6 Å². The van der Waals surface area contributed by atoms with E-state index in [9.17, 15) is 0 Å². The molecule has 1 nitrogen and oxygen atoms in total. The molecule has 0 aliphatic heterocycles. The van der Waals surface area contributed by atoms with E-state index in [-0.39, 0.29) is 0 Å². The first kappa shape index (κ1) is 9.44. The summed E-state index contributed by atoms with van der Waals surface area (Å²) in [5, 5.41) is 0. The molecule has 0 rings (SSSR count). The lowest BCUT2D eigenvalue weighted by Gasteiger charge is -1.98. The summed E-state index contributed by atoms with van der Waals surface area (Å²) < 4.78 is 0. The molecule has 0 aliphatic rings. The summed E-state index contributed by atoms with van der Waals surface area (Å²) in [4.78, 5) is 0. The summed E-state index contributed by atoms with van der Waals surface area (Å²) in [6.07, 6.45) is 5.32. The highest BCUT2D eigenvalue weighted by Crippen LogP contribution is 2.02. The van der Waals surface area contributed by atoms with Crippen molar-refractivity contribution in [1.29, 1.82) is 0 Å². The minimum absolute atomic E-state index is 0.652. The fraction of sp³-hybridized carbons (Fsp3) is 0.556. The van der Waals surface area contributed by atoms with Crippen molar-refractivity contribution >= 4 is 0 Å². The zero-order valence-corrected chi connectivity index (χ0v) is 7.15. The highest BCUT2D eigenvalue weighted by molar-refractivity contribution is 5.24. The van der Waals surface area contributed by atoms with E-state index in [1.54, 1.807) is 0 Å². The summed E-state index contributed by atoms with van der Waals surface area (Å²) in [5.41, 5.74) is 8.07. The Labute approximate surface area is 63.6 Å². The Morgan fingerprint density at radius 2 is 2.00 bits per heavy atom. The van der Waals surface area contributed by atoms with Crippen molar-refractivity contribution in [2.75, 3.05) is 6.54 Å². The van der Waals surface area contributed by atoms with Gasteiger partial charge in [-0.2, -0.15) is 0 Å². The second-order valence-corrected chi connectivity index (χ2v) is 2.54. The molecule has 0 saturated carbocycles. The third-order valence-electron chi connectivity index (χ3n) is 1.42. The van der Waals surface area contributed by atoms with E-state index in [1.807, 2.05) is 0 Å². The highest BCUT2D eigenvalue weighted by Gasteiger charge is 1.88. The SMILES string of the molecule is CCC=CC(CN)=C(C)C. The molecule has 0 heterocycles. The van der Waals surface area contributed by atoms with Gasteiger partial charge in [-0.05, 0) is 25.8 Å². The van der Waals surface area contributed by atoms with E-state index in [0.717, 1.165) is 6.42 Å². The van der Waals surface area contributed by atoms with Gasteiger partial charge in [-0.3, -0.25) is 0 Å². The molecule has 1 heteroatoms. The predicted molar refractivity (Wildman–Crippen MR) is 46.9 cm³/mol. The minimum atomic E-state index is 0.652. The third-order valence-corrected chi connectivity index (χ3v) is 1.42. The van der Waals surface area contributed by atoms with Gasteiger partial charge in [0.05, 0.1) is 0 Å². The van der Waals surface area contributed by atoms with Crippen LogP contribution in [0.15, 0.2) is 23.3 Å². The average molecular weight is 139 g/mol. The number of nitrogens with two attached hydrogens (primary N) is 1. The first-order valence-electron chi connectivity index (χ1n) is 3.75. The lowest BCUT2D eigenvalue weighted by atomic mass is 10.1. The van der Waals surface area contributed by atoms with Crippen molar-refractivity contribution in [3.63, 3.8) is 0 Å². The molecule has 0 radical (unpaired) electrons. The molecule has 58 valence electrons. The Bertz CT molecular complexity index is 139. The largest absolute Gasteiger partial charge is 0.326 e. The molecule has 0 atom stereocenters. The van der Waals surface area contributed by atoms with E-state index in [1.165, 1.54) is 11.1 Å². The van der Waals surface area contributed by atoms with Crippen molar-refractivity contribution in [1.82, 2.24) is 0 Å². The monoisotopic (exact) mass is 139 g/mol. The van der Waals surface area contributed by atoms with E-state index < -0.39 is 0 Å². The van der Waals surface area contributed by atoms with Crippen molar-refractivity contribution in [2.24, 2.45) is 5.73 Å². The van der Waals surface area contributed by atoms with Gasteiger partial charge in [0.25, 0.3) is 0 Å². The van der Waals surface area contributed by atoms with E-state index >= 15 is 0 Å². The molecule has 0 aromatic heterocycles. The lowest BCUT2D eigenvalue weighted by Crippen LogP contribution is -2.02. The number of hydrogen-bond donors (Lipinski definition) is 1. The molecular formula is C9H17N. The van der Waals surface area contributed by atoms with Gasteiger partial charge in [-0.25, -0.2) is 0 Å². The number of allylic oxidation sites excluding steroid dienone is 2. The number of hydrogen-bond acceptors (Lipinski definition) is 1. The fourth-order valence-electron chi connectivity index (χ4n) is 0.699. The van der Waals surface area contributed by atoms with Crippen LogP contribution in [0.25, 0.3) is 0 Å². The third kappa shape index (κ3) is 3.46. The van der Waals surface area contributed by atoms with Gasteiger partial charge >= 0.3 is 0 Å². The van der Waals surface area contributed by atoms with Crippen molar-refractivity contribution < 1.29 is 0 Å². The van der Waals surface area contributed by atoms with Gasteiger partial charge in [-0.15, -0.1) is 0 Å². The predicted octanol–water partition coefficient (Wildman–Crippen LogP) is 2.25. The Balaban J connectivity index is 4.10. The van der Waals surface area contributed by atoms with Gasteiger partial charge in [0.2, 0.25) is 0 Å². The Morgan fingerprint density at radius 1 is 1.40 bits per heavy atom. The topological polar surface area (TPSA) is 26.0 Å². The van der Waals surface area contributed by atoms with Crippen molar-refractivity contribution in [3.05, 3.63) is 23.3 Å². The van der Waals surface area contributed by atoms with Crippen LogP contribution < -0.4 is 5.73 Å². The van der Waals surface area contributed by atoms with Crippen LogP contribution in [-0.2, 0) is 0 Å². The Morgan fingerprint density at radius 3 is 2.30 bits per heavy atom. The van der Waals surface area contributed by atoms with E-state index in [0.29, 0.717) is 6.54 Å². The first-order chi connectivity index (χ1) is 4.72. The maximum Gasteiger partial charge on any atom is 0.0177 e. The smallest absolute Gasteiger partial charge is 0.0177 e. The number of rotatable bonds is 3. The van der Waals surface area contributed by atoms with Crippen LogP contribution in [0.1, 0.15) is 27.2 Å². The minimum Gasteiger partial charge on any atom is -0.326 e. The molecule has 0 amide bonds. The zero-order valence-electron chi connectivity index (χ0n) is 7.15. The zero-order chi connectivity index (χ0) is 7.98.